The minimum atomic E-state index is -2.63. The quantitative estimate of drug-likeness (QED) is 0.701. The molecule has 2 rings (SSSR count). The average molecular weight is 348 g/mol. The molecule has 0 saturated carbocycles. The first-order valence-electron chi connectivity index (χ1n) is 6.18. The number of carbonyl (C=O) groups excluding carboxylic acids is 1. The molecule has 0 fully saturated rings. The summed E-state index contributed by atoms with van der Waals surface area (Å²) in [4.78, 5) is 15.8. The Bertz CT molecular complexity index is 626. The number of benzene rings is 1. The van der Waals surface area contributed by atoms with Crippen molar-refractivity contribution in [2.24, 2.45) is 0 Å². The Morgan fingerprint density at radius 3 is 2.95 bits per heavy atom. The zero-order valence-corrected chi connectivity index (χ0v) is 12.7. The number of nitrogens with zero attached hydrogens (tertiary/aromatic N) is 2. The molecule has 118 valence electrons. The maximum Gasteiger partial charge on any atom is 0.319 e. The number of aromatic amines is 1. The summed E-state index contributed by atoms with van der Waals surface area (Å²) in [6.07, 6.45) is 1.84. The van der Waals surface area contributed by atoms with Gasteiger partial charge in [-0.05, 0) is 12.1 Å². The van der Waals surface area contributed by atoms with Crippen LogP contribution >= 0.6 is 23.4 Å². The number of carbonyl (C=O) groups is 1. The van der Waals surface area contributed by atoms with E-state index in [1.54, 1.807) is 6.07 Å². The van der Waals surface area contributed by atoms with E-state index in [-0.39, 0.29) is 27.4 Å². The fourth-order valence-corrected chi connectivity index (χ4v) is 2.54. The van der Waals surface area contributed by atoms with Crippen LogP contribution < -0.4 is 10.6 Å². The number of amides is 2. The van der Waals surface area contributed by atoms with Gasteiger partial charge >= 0.3 is 6.03 Å². The summed E-state index contributed by atoms with van der Waals surface area (Å²) < 4.78 is 25.1. The fraction of sp³-hybridized carbons (Fsp3) is 0.250. The van der Waals surface area contributed by atoms with Gasteiger partial charge in [-0.25, -0.2) is 9.78 Å². The molecule has 0 unspecified atom stereocenters. The van der Waals surface area contributed by atoms with Crippen molar-refractivity contribution in [3.63, 3.8) is 0 Å². The summed E-state index contributed by atoms with van der Waals surface area (Å²) >= 11 is 6.17. The minimum Gasteiger partial charge on any atom is -0.337 e. The third kappa shape index (κ3) is 4.85. The molecule has 1 aromatic heterocycles. The van der Waals surface area contributed by atoms with Gasteiger partial charge in [0.15, 0.2) is 0 Å². The number of hydrogen-bond acceptors (Lipinski definition) is 4. The van der Waals surface area contributed by atoms with Crippen molar-refractivity contribution in [3.8, 4) is 0 Å². The zero-order chi connectivity index (χ0) is 15.9. The van der Waals surface area contributed by atoms with Crippen molar-refractivity contribution < 1.29 is 13.6 Å². The summed E-state index contributed by atoms with van der Waals surface area (Å²) in [5.41, 5.74) is 0.231. The number of aromatic nitrogens is 3. The van der Waals surface area contributed by atoms with E-state index in [0.717, 1.165) is 0 Å². The zero-order valence-electron chi connectivity index (χ0n) is 11.1. The van der Waals surface area contributed by atoms with Crippen molar-refractivity contribution in [3.05, 3.63) is 35.4 Å². The van der Waals surface area contributed by atoms with Crippen LogP contribution in [0.4, 0.5) is 19.3 Å². The molecule has 2 amide bonds. The van der Waals surface area contributed by atoms with E-state index in [0.29, 0.717) is 18.8 Å². The molecule has 0 aliphatic heterocycles. The Kier molecular flexibility index (Phi) is 5.96. The van der Waals surface area contributed by atoms with Crippen LogP contribution in [0.25, 0.3) is 0 Å². The smallest absolute Gasteiger partial charge is 0.319 e. The molecule has 1 heterocycles. The average Bonchev–Trinajstić information content (AvgIpc) is 2.95. The standard InChI is InChI=1S/C12H12ClF2N5OS/c13-7-2-1-3-8(10(7)22-11(14)15)19-12(21)16-5-4-9-17-6-18-20-9/h1-3,6,11H,4-5H2,(H2,16,19,21)(H,17,18,20). The topological polar surface area (TPSA) is 82.7 Å². The number of thioether (sulfide) groups is 1. The molecule has 2 aromatic rings. The Hall–Kier alpha value is -1.87. The Balaban J connectivity index is 1.92. The lowest BCUT2D eigenvalue weighted by molar-refractivity contribution is 0.251. The highest BCUT2D eigenvalue weighted by molar-refractivity contribution is 7.99. The summed E-state index contributed by atoms with van der Waals surface area (Å²) in [7, 11) is 0. The lowest BCUT2D eigenvalue weighted by Gasteiger charge is -2.12. The number of H-pyrrole nitrogens is 1. The number of urea groups is 1. The van der Waals surface area contributed by atoms with Gasteiger partial charge in [-0.1, -0.05) is 29.4 Å². The van der Waals surface area contributed by atoms with Crippen LogP contribution in [0.2, 0.25) is 5.02 Å². The SMILES string of the molecule is O=C(NCCc1ncn[nH]1)Nc1cccc(Cl)c1SC(F)F. The second-order valence-corrected chi connectivity index (χ2v) is 5.47. The van der Waals surface area contributed by atoms with Crippen LogP contribution in [0.5, 0.6) is 0 Å². The minimum absolute atomic E-state index is 0.129. The van der Waals surface area contributed by atoms with Gasteiger partial charge in [0, 0.05) is 13.0 Å². The second kappa shape index (κ2) is 7.95. The van der Waals surface area contributed by atoms with Crippen molar-refractivity contribution in [1.29, 1.82) is 0 Å². The molecule has 1 aromatic carbocycles. The van der Waals surface area contributed by atoms with Gasteiger partial charge in [-0.3, -0.25) is 5.10 Å². The van der Waals surface area contributed by atoms with E-state index < -0.39 is 11.8 Å². The monoisotopic (exact) mass is 347 g/mol. The molecule has 0 bridgehead atoms. The summed E-state index contributed by atoms with van der Waals surface area (Å²) in [6.45, 7) is 0.318. The van der Waals surface area contributed by atoms with Gasteiger partial charge in [-0.15, -0.1) is 0 Å². The highest BCUT2D eigenvalue weighted by Crippen LogP contribution is 2.37. The highest BCUT2D eigenvalue weighted by atomic mass is 35.5. The molecule has 0 atom stereocenters. The van der Waals surface area contributed by atoms with Gasteiger partial charge < -0.3 is 10.6 Å². The maximum atomic E-state index is 12.5. The highest BCUT2D eigenvalue weighted by Gasteiger charge is 2.15. The number of alkyl halides is 2. The molecular weight excluding hydrogens is 336 g/mol. The van der Waals surface area contributed by atoms with E-state index in [1.165, 1.54) is 18.5 Å². The molecule has 10 heteroatoms. The predicted molar refractivity (Wildman–Crippen MR) is 80.4 cm³/mol. The first kappa shape index (κ1) is 16.5. The van der Waals surface area contributed by atoms with Crippen LogP contribution in [-0.4, -0.2) is 33.5 Å². The van der Waals surface area contributed by atoms with Crippen LogP contribution in [0.15, 0.2) is 29.4 Å². The van der Waals surface area contributed by atoms with Crippen LogP contribution in [0.1, 0.15) is 5.82 Å². The van der Waals surface area contributed by atoms with E-state index in [9.17, 15) is 13.6 Å². The lowest BCUT2D eigenvalue weighted by atomic mass is 10.3. The predicted octanol–water partition coefficient (Wildman–Crippen LogP) is 3.14. The second-order valence-electron chi connectivity index (χ2n) is 4.06. The number of rotatable bonds is 6. The molecule has 0 radical (unpaired) electrons. The lowest BCUT2D eigenvalue weighted by Crippen LogP contribution is -2.30. The first-order valence-corrected chi connectivity index (χ1v) is 7.44. The molecule has 0 aliphatic rings. The summed E-state index contributed by atoms with van der Waals surface area (Å²) in [5.74, 6) is -1.99. The molecule has 6 nitrogen and oxygen atoms in total. The fourth-order valence-electron chi connectivity index (χ4n) is 1.63. The molecule has 3 N–H and O–H groups in total. The first-order chi connectivity index (χ1) is 10.6. The van der Waals surface area contributed by atoms with Crippen molar-refractivity contribution in [2.75, 3.05) is 11.9 Å². The van der Waals surface area contributed by atoms with Gasteiger partial charge in [0.1, 0.15) is 12.2 Å². The maximum absolute atomic E-state index is 12.5. The molecule has 0 aliphatic carbocycles. The van der Waals surface area contributed by atoms with E-state index >= 15 is 0 Å². The van der Waals surface area contributed by atoms with Gasteiger partial charge in [0.2, 0.25) is 0 Å². The Morgan fingerprint density at radius 2 is 2.27 bits per heavy atom. The summed E-state index contributed by atoms with van der Waals surface area (Å²) in [5, 5.41) is 11.6. The van der Waals surface area contributed by atoms with Crippen molar-refractivity contribution >= 4 is 35.1 Å². The summed E-state index contributed by atoms with van der Waals surface area (Å²) in [6, 6.07) is 4.05. The molecule has 22 heavy (non-hydrogen) atoms. The number of anilines is 1. The molecule has 0 spiro atoms. The van der Waals surface area contributed by atoms with Crippen molar-refractivity contribution in [2.45, 2.75) is 17.1 Å². The van der Waals surface area contributed by atoms with Crippen LogP contribution in [0.3, 0.4) is 0 Å². The third-order valence-electron chi connectivity index (χ3n) is 2.53. The Labute approximate surface area is 134 Å². The largest absolute Gasteiger partial charge is 0.337 e. The van der Waals surface area contributed by atoms with E-state index in [2.05, 4.69) is 25.8 Å². The number of halogens is 3. The molecule has 0 saturated heterocycles. The van der Waals surface area contributed by atoms with E-state index in [1.807, 2.05) is 0 Å². The Morgan fingerprint density at radius 1 is 1.45 bits per heavy atom. The third-order valence-corrected chi connectivity index (χ3v) is 3.82. The molecular formula is C12H12ClF2N5OS. The van der Waals surface area contributed by atoms with Crippen LogP contribution in [-0.2, 0) is 6.42 Å². The van der Waals surface area contributed by atoms with E-state index in [4.69, 9.17) is 11.6 Å². The van der Waals surface area contributed by atoms with Crippen LogP contribution in [0, 0.1) is 0 Å². The van der Waals surface area contributed by atoms with Gasteiger partial charge in [0.05, 0.1) is 15.6 Å². The van der Waals surface area contributed by atoms with Gasteiger partial charge in [0.25, 0.3) is 5.76 Å². The normalized spacial score (nSPS) is 10.7. The van der Waals surface area contributed by atoms with Crippen molar-refractivity contribution in [1.82, 2.24) is 20.5 Å². The number of nitrogens with one attached hydrogen (secondary N) is 3. The van der Waals surface area contributed by atoms with Gasteiger partial charge in [-0.2, -0.15) is 13.9 Å². The number of hydrogen-bond donors (Lipinski definition) is 3.